The van der Waals surface area contributed by atoms with Crippen LogP contribution in [0.15, 0.2) is 45.4 Å². The first-order valence-electron chi connectivity index (χ1n) is 8.04. The van der Waals surface area contributed by atoms with E-state index in [0.717, 1.165) is 22.9 Å². The third kappa shape index (κ3) is 3.01. The van der Waals surface area contributed by atoms with Gasteiger partial charge in [-0.1, -0.05) is 33.2 Å². The molecule has 0 saturated heterocycles. The van der Waals surface area contributed by atoms with Crippen molar-refractivity contribution in [1.29, 1.82) is 0 Å². The Labute approximate surface area is 149 Å². The highest BCUT2D eigenvalue weighted by molar-refractivity contribution is 9.10. The molecule has 0 amide bonds. The molecule has 1 heterocycles. The number of hydrogen-bond donors (Lipinski definition) is 1. The van der Waals surface area contributed by atoms with Gasteiger partial charge in [0.15, 0.2) is 5.82 Å². The molecule has 0 radical (unpaired) electrons. The van der Waals surface area contributed by atoms with Crippen LogP contribution in [0.4, 0.5) is 0 Å². The average Bonchev–Trinajstić information content (AvgIpc) is 3.15. The maximum atomic E-state index is 6.03. The van der Waals surface area contributed by atoms with Gasteiger partial charge in [-0.05, 0) is 66.3 Å². The van der Waals surface area contributed by atoms with Gasteiger partial charge >= 0.3 is 0 Å². The Morgan fingerprint density at radius 3 is 2.88 bits per heavy atom. The van der Waals surface area contributed by atoms with Crippen LogP contribution in [0.25, 0.3) is 11.5 Å². The highest BCUT2D eigenvalue weighted by Gasteiger charge is 2.19. The molecule has 2 N–H and O–H groups in total. The lowest BCUT2D eigenvalue weighted by Gasteiger charge is -2.03. The van der Waals surface area contributed by atoms with Gasteiger partial charge in [0.1, 0.15) is 0 Å². The van der Waals surface area contributed by atoms with Gasteiger partial charge in [-0.3, -0.25) is 0 Å². The van der Waals surface area contributed by atoms with Crippen molar-refractivity contribution in [2.45, 2.75) is 32.2 Å². The van der Waals surface area contributed by atoms with Crippen LogP contribution in [-0.2, 0) is 19.3 Å². The summed E-state index contributed by atoms with van der Waals surface area (Å²) in [5.41, 5.74) is 12.0. The number of rotatable bonds is 3. The first-order chi connectivity index (χ1) is 11.6. The Morgan fingerprint density at radius 1 is 1.17 bits per heavy atom. The fraction of sp³-hybridized carbons (Fsp3) is 0.263. The molecule has 1 unspecified atom stereocenters. The zero-order valence-electron chi connectivity index (χ0n) is 13.4. The third-order valence-corrected chi connectivity index (χ3v) is 5.04. The van der Waals surface area contributed by atoms with E-state index in [2.05, 4.69) is 57.3 Å². The Kier molecular flexibility index (Phi) is 3.98. The predicted molar refractivity (Wildman–Crippen MR) is 96.8 cm³/mol. The van der Waals surface area contributed by atoms with Crippen molar-refractivity contribution >= 4 is 15.9 Å². The van der Waals surface area contributed by atoms with E-state index in [1.165, 1.54) is 22.3 Å². The van der Waals surface area contributed by atoms with Crippen LogP contribution < -0.4 is 5.73 Å². The van der Waals surface area contributed by atoms with Crippen molar-refractivity contribution in [3.05, 3.63) is 68.9 Å². The van der Waals surface area contributed by atoms with Crippen LogP contribution in [0.3, 0.4) is 0 Å². The molecule has 0 fully saturated rings. The normalized spacial score (nSPS) is 16.4. The lowest BCUT2D eigenvalue weighted by molar-refractivity contribution is 0.424. The Hall–Kier alpha value is -1.98. The second-order valence-electron chi connectivity index (χ2n) is 6.42. The number of halogens is 1. The van der Waals surface area contributed by atoms with Crippen LogP contribution in [-0.4, -0.2) is 16.2 Å². The summed E-state index contributed by atoms with van der Waals surface area (Å²) < 4.78 is 6.53. The van der Waals surface area contributed by atoms with E-state index in [1.54, 1.807) is 0 Å². The molecule has 0 aliphatic heterocycles. The molecule has 1 aliphatic carbocycles. The van der Waals surface area contributed by atoms with E-state index in [0.29, 0.717) is 18.1 Å². The number of fused-ring (bicyclic) bond motifs is 1. The lowest BCUT2D eigenvalue weighted by Crippen LogP contribution is -2.18. The second kappa shape index (κ2) is 6.15. The number of nitrogens with zero attached hydrogens (tertiary/aromatic N) is 2. The minimum atomic E-state index is 0.230. The second-order valence-corrected chi connectivity index (χ2v) is 7.33. The van der Waals surface area contributed by atoms with Gasteiger partial charge in [-0.2, -0.15) is 4.98 Å². The van der Waals surface area contributed by atoms with Crippen LogP contribution in [0.5, 0.6) is 0 Å². The molecule has 4 nitrogen and oxygen atoms in total. The quantitative estimate of drug-likeness (QED) is 0.746. The molecule has 122 valence electrons. The summed E-state index contributed by atoms with van der Waals surface area (Å²) in [5.74, 6) is 1.27. The number of aryl methyl sites for hydroxylation is 1. The number of nitrogens with two attached hydrogens (primary N) is 1. The van der Waals surface area contributed by atoms with Crippen molar-refractivity contribution < 1.29 is 4.52 Å². The van der Waals surface area contributed by atoms with E-state index < -0.39 is 0 Å². The van der Waals surface area contributed by atoms with Gasteiger partial charge in [0.2, 0.25) is 0 Å². The van der Waals surface area contributed by atoms with Gasteiger partial charge in [-0.15, -0.1) is 0 Å². The van der Waals surface area contributed by atoms with Gasteiger partial charge in [0.05, 0.1) is 0 Å². The summed E-state index contributed by atoms with van der Waals surface area (Å²) in [6.07, 6.45) is 2.53. The first-order valence-corrected chi connectivity index (χ1v) is 8.83. The maximum Gasteiger partial charge on any atom is 0.257 e. The Bertz CT molecular complexity index is 903. The summed E-state index contributed by atoms with van der Waals surface area (Å²) in [6, 6.07) is 12.7. The first kappa shape index (κ1) is 15.5. The fourth-order valence-corrected chi connectivity index (χ4v) is 3.64. The van der Waals surface area contributed by atoms with E-state index in [9.17, 15) is 0 Å². The van der Waals surface area contributed by atoms with Gasteiger partial charge in [0.25, 0.3) is 5.89 Å². The molecule has 0 bridgehead atoms. The van der Waals surface area contributed by atoms with Gasteiger partial charge in [0, 0.05) is 22.5 Å². The summed E-state index contributed by atoms with van der Waals surface area (Å²) in [4.78, 5) is 4.57. The zero-order chi connectivity index (χ0) is 16.7. The van der Waals surface area contributed by atoms with Crippen molar-refractivity contribution in [3.8, 4) is 11.5 Å². The zero-order valence-corrected chi connectivity index (χ0v) is 15.0. The molecular weight excluding hydrogens is 366 g/mol. The minimum Gasteiger partial charge on any atom is -0.334 e. The third-order valence-electron chi connectivity index (χ3n) is 4.55. The smallest absolute Gasteiger partial charge is 0.257 e. The van der Waals surface area contributed by atoms with Crippen LogP contribution in [0.2, 0.25) is 0 Å². The maximum absolute atomic E-state index is 6.03. The van der Waals surface area contributed by atoms with Crippen molar-refractivity contribution in [1.82, 2.24) is 10.1 Å². The molecule has 0 spiro atoms. The minimum absolute atomic E-state index is 0.230. The molecule has 2 aromatic carbocycles. The van der Waals surface area contributed by atoms with E-state index in [-0.39, 0.29) is 6.04 Å². The molecule has 1 aromatic heterocycles. The highest BCUT2D eigenvalue weighted by atomic mass is 79.9. The molecule has 1 atom stereocenters. The molecular formula is C19H18BrN3O. The standard InChI is InChI=1S/C19H18BrN3O/c1-11-2-5-16(20)7-14(11)10-18-22-19(24-23-18)13-4-3-12-8-17(21)9-15(12)6-13/h2-7,17H,8-10,21H2,1H3. The summed E-state index contributed by atoms with van der Waals surface area (Å²) in [5, 5.41) is 4.14. The van der Waals surface area contributed by atoms with Crippen molar-refractivity contribution in [2.75, 3.05) is 0 Å². The summed E-state index contributed by atoms with van der Waals surface area (Å²) in [7, 11) is 0. The van der Waals surface area contributed by atoms with E-state index in [1.807, 2.05) is 12.1 Å². The Balaban J connectivity index is 1.59. The van der Waals surface area contributed by atoms with E-state index >= 15 is 0 Å². The van der Waals surface area contributed by atoms with Crippen molar-refractivity contribution in [3.63, 3.8) is 0 Å². The number of benzene rings is 2. The van der Waals surface area contributed by atoms with E-state index in [4.69, 9.17) is 10.3 Å². The molecule has 3 aromatic rings. The highest BCUT2D eigenvalue weighted by Crippen LogP contribution is 2.27. The molecule has 24 heavy (non-hydrogen) atoms. The van der Waals surface area contributed by atoms with Gasteiger partial charge in [-0.25, -0.2) is 0 Å². The van der Waals surface area contributed by atoms with Crippen LogP contribution >= 0.6 is 15.9 Å². The topological polar surface area (TPSA) is 64.9 Å². The van der Waals surface area contributed by atoms with Gasteiger partial charge < -0.3 is 10.3 Å². The molecule has 1 aliphatic rings. The van der Waals surface area contributed by atoms with Crippen LogP contribution in [0, 0.1) is 6.92 Å². The Morgan fingerprint density at radius 2 is 2.00 bits per heavy atom. The molecule has 5 heteroatoms. The largest absolute Gasteiger partial charge is 0.334 e. The van der Waals surface area contributed by atoms with Crippen molar-refractivity contribution in [2.24, 2.45) is 5.73 Å². The lowest BCUT2D eigenvalue weighted by atomic mass is 10.1. The number of aromatic nitrogens is 2. The van der Waals surface area contributed by atoms with Crippen LogP contribution in [0.1, 0.15) is 28.1 Å². The fourth-order valence-electron chi connectivity index (χ4n) is 3.23. The summed E-state index contributed by atoms with van der Waals surface area (Å²) in [6.45, 7) is 2.09. The average molecular weight is 384 g/mol. The summed E-state index contributed by atoms with van der Waals surface area (Å²) >= 11 is 3.51. The number of hydrogen-bond acceptors (Lipinski definition) is 4. The SMILES string of the molecule is Cc1ccc(Br)cc1Cc1noc(-c2ccc3c(c2)CC(N)C3)n1. The molecule has 4 rings (SSSR count). The monoisotopic (exact) mass is 383 g/mol. The predicted octanol–water partition coefficient (Wildman–Crippen LogP) is 3.82. The molecule has 0 saturated carbocycles.